The maximum Gasteiger partial charge on any atom is 0.309 e. The summed E-state index contributed by atoms with van der Waals surface area (Å²) in [5, 5.41) is 9.81. The van der Waals surface area contributed by atoms with Crippen LogP contribution in [0.5, 0.6) is 0 Å². The van der Waals surface area contributed by atoms with E-state index in [4.69, 9.17) is 10.5 Å². The number of nitrogens with two attached hydrogens (primary N) is 1. The van der Waals surface area contributed by atoms with E-state index in [9.17, 15) is 19.5 Å². The predicted octanol–water partition coefficient (Wildman–Crippen LogP) is 5.62. The first-order chi connectivity index (χ1) is 16.0. The van der Waals surface area contributed by atoms with E-state index in [1.165, 1.54) is 0 Å². The Morgan fingerprint density at radius 2 is 1.47 bits per heavy atom. The lowest BCUT2D eigenvalue weighted by Crippen LogP contribution is -2.31. The molecule has 1 amide bonds. The summed E-state index contributed by atoms with van der Waals surface area (Å²) in [7, 11) is 0. The number of hydrogen-bond acceptors (Lipinski definition) is 4. The molecule has 2 rings (SSSR count). The van der Waals surface area contributed by atoms with Crippen molar-refractivity contribution in [1.29, 1.82) is 0 Å². The predicted molar refractivity (Wildman–Crippen MR) is 133 cm³/mol. The molecule has 2 atom stereocenters. The molecular weight excluding hydrogens is 430 g/mol. The highest BCUT2D eigenvalue weighted by Crippen LogP contribution is 2.27. The third-order valence-electron chi connectivity index (χ3n) is 5.80. The van der Waals surface area contributed by atoms with Crippen LogP contribution in [-0.4, -0.2) is 28.6 Å². The second-order valence-electron chi connectivity index (χ2n) is 9.82. The van der Waals surface area contributed by atoms with Gasteiger partial charge in [0.2, 0.25) is 5.91 Å². The Hall–Kier alpha value is -3.15. The van der Waals surface area contributed by atoms with Crippen LogP contribution in [0.4, 0.5) is 0 Å². The van der Waals surface area contributed by atoms with Crippen LogP contribution in [0.25, 0.3) is 11.1 Å². The van der Waals surface area contributed by atoms with Crippen molar-refractivity contribution in [2.45, 2.75) is 71.8 Å². The van der Waals surface area contributed by atoms with Crippen molar-refractivity contribution in [2.75, 3.05) is 0 Å². The average molecular weight is 468 g/mol. The number of unbranched alkanes of at least 4 members (excludes halogenated alkanes) is 1. The minimum Gasteiger partial charge on any atom is -0.481 e. The van der Waals surface area contributed by atoms with Crippen molar-refractivity contribution in [3.8, 4) is 11.1 Å². The summed E-state index contributed by atoms with van der Waals surface area (Å²) in [4.78, 5) is 35.9. The molecule has 0 aliphatic heterocycles. The van der Waals surface area contributed by atoms with Crippen molar-refractivity contribution in [3.05, 3.63) is 59.7 Å². The molecule has 6 heteroatoms. The van der Waals surface area contributed by atoms with Crippen molar-refractivity contribution in [1.82, 2.24) is 0 Å². The normalized spacial score (nSPS) is 13.2. The van der Waals surface area contributed by atoms with Gasteiger partial charge in [0.1, 0.15) is 5.60 Å². The largest absolute Gasteiger partial charge is 0.481 e. The maximum atomic E-state index is 12.7. The van der Waals surface area contributed by atoms with Gasteiger partial charge in [0, 0.05) is 5.56 Å². The van der Waals surface area contributed by atoms with Gasteiger partial charge in [0.25, 0.3) is 0 Å². The summed E-state index contributed by atoms with van der Waals surface area (Å²) >= 11 is 0. The number of carbonyl (C=O) groups is 3. The standard InChI is InChI=1S/C28H37NO5/c1-5-6-7-24(27(33)34-28(2,3)4)18-23(26(31)32)13-10-19-8-11-20(12-9-19)21-14-16-22(17-15-21)25(29)30/h8-9,11-12,14-17,23-24H,5-7,10,13,18H2,1-4H3,(H2,29,30)(H,31,32)/t23-,24-/m0/s1. The van der Waals surface area contributed by atoms with Crippen LogP contribution < -0.4 is 5.73 Å². The Labute approximate surface area is 202 Å². The molecule has 0 bridgehead atoms. The fraction of sp³-hybridized carbons (Fsp3) is 0.464. The molecule has 0 spiro atoms. The minimum atomic E-state index is -0.879. The Bertz CT molecular complexity index is 958. The van der Waals surface area contributed by atoms with E-state index in [0.717, 1.165) is 29.5 Å². The lowest BCUT2D eigenvalue weighted by atomic mass is 9.86. The molecule has 0 aliphatic carbocycles. The van der Waals surface area contributed by atoms with Gasteiger partial charge in [-0.15, -0.1) is 0 Å². The third-order valence-corrected chi connectivity index (χ3v) is 5.80. The zero-order valence-corrected chi connectivity index (χ0v) is 20.7. The van der Waals surface area contributed by atoms with E-state index < -0.39 is 29.3 Å². The third kappa shape index (κ3) is 8.65. The van der Waals surface area contributed by atoms with Crippen LogP contribution in [0.3, 0.4) is 0 Å². The Morgan fingerprint density at radius 1 is 0.912 bits per heavy atom. The number of benzene rings is 2. The first kappa shape index (κ1) is 27.1. The molecule has 0 unspecified atom stereocenters. The topological polar surface area (TPSA) is 107 Å². The highest BCUT2D eigenvalue weighted by Gasteiger charge is 2.30. The van der Waals surface area contributed by atoms with E-state index in [-0.39, 0.29) is 12.4 Å². The molecule has 34 heavy (non-hydrogen) atoms. The number of carboxylic acid groups (broad SMARTS) is 1. The molecule has 184 valence electrons. The summed E-state index contributed by atoms with van der Waals surface area (Å²) in [6.07, 6.45) is 3.78. The van der Waals surface area contributed by atoms with Gasteiger partial charge in [-0.3, -0.25) is 14.4 Å². The number of amides is 1. The van der Waals surface area contributed by atoms with Crippen LogP contribution in [-0.2, 0) is 20.7 Å². The average Bonchev–Trinajstić information content (AvgIpc) is 2.77. The smallest absolute Gasteiger partial charge is 0.309 e. The highest BCUT2D eigenvalue weighted by molar-refractivity contribution is 5.93. The lowest BCUT2D eigenvalue weighted by molar-refractivity contribution is -0.161. The first-order valence-electron chi connectivity index (χ1n) is 11.9. The number of aliphatic carboxylic acids is 1. The van der Waals surface area contributed by atoms with E-state index >= 15 is 0 Å². The quantitative estimate of drug-likeness (QED) is 0.394. The number of carboxylic acids is 1. The van der Waals surface area contributed by atoms with Crippen molar-refractivity contribution in [2.24, 2.45) is 17.6 Å². The van der Waals surface area contributed by atoms with Gasteiger partial charge in [-0.2, -0.15) is 0 Å². The monoisotopic (exact) mass is 467 g/mol. The van der Waals surface area contributed by atoms with Gasteiger partial charge in [-0.05, 0) is 75.3 Å². The molecule has 0 aromatic heterocycles. The molecule has 0 radical (unpaired) electrons. The molecule has 2 aromatic rings. The van der Waals surface area contributed by atoms with Gasteiger partial charge >= 0.3 is 11.9 Å². The molecule has 0 heterocycles. The fourth-order valence-electron chi connectivity index (χ4n) is 3.88. The summed E-state index contributed by atoms with van der Waals surface area (Å²) in [6, 6.07) is 15.0. The van der Waals surface area contributed by atoms with Crippen LogP contribution >= 0.6 is 0 Å². The molecule has 0 aliphatic rings. The van der Waals surface area contributed by atoms with E-state index in [0.29, 0.717) is 24.8 Å². The van der Waals surface area contributed by atoms with Gasteiger partial charge in [-0.1, -0.05) is 56.2 Å². The SMILES string of the molecule is CCCC[C@@H](C[C@H](CCc1ccc(-c2ccc(C(N)=O)cc2)cc1)C(=O)O)C(=O)OC(C)(C)C. The molecule has 0 saturated carbocycles. The first-order valence-corrected chi connectivity index (χ1v) is 11.9. The number of aryl methyl sites for hydroxylation is 1. The highest BCUT2D eigenvalue weighted by atomic mass is 16.6. The van der Waals surface area contributed by atoms with Crippen LogP contribution in [0.15, 0.2) is 48.5 Å². The molecule has 2 aromatic carbocycles. The van der Waals surface area contributed by atoms with E-state index in [1.807, 2.05) is 57.2 Å². The number of hydrogen-bond donors (Lipinski definition) is 2. The lowest BCUT2D eigenvalue weighted by Gasteiger charge is -2.25. The number of esters is 1. The second kappa shape index (κ2) is 12.4. The molecule has 0 fully saturated rings. The molecule has 0 saturated heterocycles. The maximum absolute atomic E-state index is 12.7. The fourth-order valence-corrected chi connectivity index (χ4v) is 3.88. The van der Waals surface area contributed by atoms with Gasteiger partial charge in [0.15, 0.2) is 0 Å². The number of rotatable bonds is 12. The van der Waals surface area contributed by atoms with Gasteiger partial charge in [-0.25, -0.2) is 0 Å². The zero-order valence-electron chi connectivity index (χ0n) is 20.7. The number of ether oxygens (including phenoxy) is 1. The van der Waals surface area contributed by atoms with Crippen molar-refractivity contribution in [3.63, 3.8) is 0 Å². The minimum absolute atomic E-state index is 0.286. The van der Waals surface area contributed by atoms with Crippen molar-refractivity contribution < 1.29 is 24.2 Å². The molecular formula is C28H37NO5. The Kier molecular flexibility index (Phi) is 9.84. The van der Waals surface area contributed by atoms with Crippen LogP contribution in [0.1, 0.15) is 75.7 Å². The van der Waals surface area contributed by atoms with Gasteiger partial charge < -0.3 is 15.6 Å². The summed E-state index contributed by atoms with van der Waals surface area (Å²) in [6.45, 7) is 7.53. The second-order valence-corrected chi connectivity index (χ2v) is 9.82. The van der Waals surface area contributed by atoms with E-state index in [2.05, 4.69) is 6.92 Å². The van der Waals surface area contributed by atoms with E-state index in [1.54, 1.807) is 12.1 Å². The summed E-state index contributed by atoms with van der Waals surface area (Å²) < 4.78 is 5.56. The van der Waals surface area contributed by atoms with Crippen LogP contribution in [0, 0.1) is 11.8 Å². The number of carbonyl (C=O) groups excluding carboxylic acids is 2. The Morgan fingerprint density at radius 3 is 1.94 bits per heavy atom. The summed E-state index contributed by atoms with van der Waals surface area (Å²) in [5.41, 5.74) is 8.16. The van der Waals surface area contributed by atoms with Gasteiger partial charge in [0.05, 0.1) is 11.8 Å². The summed E-state index contributed by atoms with van der Waals surface area (Å²) in [5.74, 6) is -2.67. The zero-order chi connectivity index (χ0) is 25.3. The Balaban J connectivity index is 2.04. The van der Waals surface area contributed by atoms with Crippen LogP contribution in [0.2, 0.25) is 0 Å². The number of primary amides is 1. The van der Waals surface area contributed by atoms with Crippen molar-refractivity contribution >= 4 is 17.8 Å². The molecule has 6 nitrogen and oxygen atoms in total. The molecule has 3 N–H and O–H groups in total.